The summed E-state index contributed by atoms with van der Waals surface area (Å²) in [4.78, 5) is 0. The number of aromatic nitrogens is 3. The number of rotatable bonds is 2. The highest BCUT2D eigenvalue weighted by Gasteiger charge is 2.33. The van der Waals surface area contributed by atoms with Gasteiger partial charge in [0.15, 0.2) is 0 Å². The number of aliphatic hydroxyl groups is 1. The van der Waals surface area contributed by atoms with Gasteiger partial charge in [-0.1, -0.05) is 57.5 Å². The third-order valence-electron chi connectivity index (χ3n) is 4.14. The third kappa shape index (κ3) is 2.26. The first kappa shape index (κ1) is 13.7. The number of halogens is 1. The zero-order valence-corrected chi connectivity index (χ0v) is 13.3. The topological polar surface area (TPSA) is 50.9 Å². The van der Waals surface area contributed by atoms with Crippen LogP contribution in [0.2, 0.25) is 0 Å². The minimum Gasteiger partial charge on any atom is -0.386 e. The molecule has 0 unspecified atom stereocenters. The molecule has 5 heteroatoms. The molecule has 110 valence electrons. The van der Waals surface area contributed by atoms with Gasteiger partial charge in [0.2, 0.25) is 0 Å². The van der Waals surface area contributed by atoms with Crippen molar-refractivity contribution < 1.29 is 5.11 Å². The molecule has 0 saturated carbocycles. The Kier molecular flexibility index (Phi) is 3.32. The molecule has 0 amide bonds. The zero-order valence-electron chi connectivity index (χ0n) is 11.7. The third-order valence-corrected chi connectivity index (χ3v) is 4.63. The summed E-state index contributed by atoms with van der Waals surface area (Å²) in [5.74, 6) is 0. The van der Waals surface area contributed by atoms with Crippen LogP contribution in [-0.4, -0.2) is 20.1 Å². The van der Waals surface area contributed by atoms with Gasteiger partial charge in [0.1, 0.15) is 11.8 Å². The molecule has 1 heterocycles. The molecule has 1 aliphatic rings. The van der Waals surface area contributed by atoms with Crippen molar-refractivity contribution in [1.29, 1.82) is 0 Å². The summed E-state index contributed by atoms with van der Waals surface area (Å²) in [6, 6.07) is 15.8. The lowest BCUT2D eigenvalue weighted by Gasteiger charge is -2.14. The Morgan fingerprint density at radius 2 is 1.95 bits per heavy atom. The Balaban J connectivity index is 1.66. The second kappa shape index (κ2) is 5.34. The fraction of sp³-hybridized carbons (Fsp3) is 0.176. The van der Waals surface area contributed by atoms with Gasteiger partial charge in [0, 0.05) is 10.0 Å². The molecule has 0 radical (unpaired) electrons. The van der Waals surface area contributed by atoms with Gasteiger partial charge in [-0.15, -0.1) is 5.10 Å². The first-order valence-electron chi connectivity index (χ1n) is 7.16. The first-order chi connectivity index (χ1) is 10.7. The maximum atomic E-state index is 10.6. The van der Waals surface area contributed by atoms with Crippen molar-refractivity contribution in [2.75, 3.05) is 0 Å². The molecule has 0 spiro atoms. The van der Waals surface area contributed by atoms with Crippen LogP contribution in [0.4, 0.5) is 0 Å². The zero-order chi connectivity index (χ0) is 15.1. The van der Waals surface area contributed by atoms with E-state index in [2.05, 4.69) is 32.3 Å². The van der Waals surface area contributed by atoms with Crippen LogP contribution in [0.5, 0.6) is 0 Å². The highest BCUT2D eigenvalue weighted by Crippen LogP contribution is 2.40. The van der Waals surface area contributed by atoms with Crippen LogP contribution < -0.4 is 0 Å². The maximum Gasteiger partial charge on any atom is 0.113 e. The lowest BCUT2D eigenvalue weighted by molar-refractivity contribution is 0.120. The van der Waals surface area contributed by atoms with Crippen molar-refractivity contribution in [2.45, 2.75) is 18.6 Å². The van der Waals surface area contributed by atoms with Crippen LogP contribution in [0, 0.1) is 0 Å². The van der Waals surface area contributed by atoms with Gasteiger partial charge in [-0.05, 0) is 29.7 Å². The van der Waals surface area contributed by atoms with E-state index in [1.807, 2.05) is 48.7 Å². The highest BCUT2D eigenvalue weighted by molar-refractivity contribution is 9.10. The normalized spacial score (nSPS) is 20.1. The van der Waals surface area contributed by atoms with Gasteiger partial charge in [0.05, 0.1) is 12.2 Å². The molecule has 22 heavy (non-hydrogen) atoms. The minimum absolute atomic E-state index is 0.103. The molecule has 2 aromatic carbocycles. The predicted molar refractivity (Wildman–Crippen MR) is 87.3 cm³/mol. The molecular weight excluding hydrogens is 342 g/mol. The van der Waals surface area contributed by atoms with Gasteiger partial charge >= 0.3 is 0 Å². The van der Waals surface area contributed by atoms with E-state index in [0.29, 0.717) is 0 Å². The van der Waals surface area contributed by atoms with Crippen molar-refractivity contribution in [3.8, 4) is 11.3 Å². The van der Waals surface area contributed by atoms with E-state index >= 15 is 0 Å². The van der Waals surface area contributed by atoms with Gasteiger partial charge in [-0.3, -0.25) is 0 Å². The molecule has 4 nitrogen and oxygen atoms in total. The van der Waals surface area contributed by atoms with E-state index in [1.165, 1.54) is 0 Å². The monoisotopic (exact) mass is 355 g/mol. The number of fused-ring (bicyclic) bond motifs is 1. The van der Waals surface area contributed by atoms with E-state index in [1.54, 1.807) is 4.68 Å². The summed E-state index contributed by atoms with van der Waals surface area (Å²) in [5, 5.41) is 19.0. The average Bonchev–Trinajstić information content (AvgIpc) is 3.13. The number of aliphatic hydroxyl groups excluding tert-OH is 1. The second-order valence-corrected chi connectivity index (χ2v) is 6.42. The molecule has 4 rings (SSSR count). The second-order valence-electron chi connectivity index (χ2n) is 5.51. The van der Waals surface area contributed by atoms with Crippen LogP contribution in [0.3, 0.4) is 0 Å². The predicted octanol–water partition coefficient (Wildman–Crippen LogP) is 3.54. The molecule has 1 aliphatic carbocycles. The molecule has 2 atom stereocenters. The van der Waals surface area contributed by atoms with Crippen LogP contribution in [0.25, 0.3) is 11.3 Å². The van der Waals surface area contributed by atoms with Crippen LogP contribution in [0.1, 0.15) is 23.3 Å². The Labute approximate surface area is 136 Å². The van der Waals surface area contributed by atoms with E-state index in [9.17, 15) is 5.11 Å². The number of hydrogen-bond acceptors (Lipinski definition) is 3. The molecule has 1 aromatic heterocycles. The van der Waals surface area contributed by atoms with Crippen LogP contribution in [0.15, 0.2) is 59.2 Å². The largest absolute Gasteiger partial charge is 0.386 e. The van der Waals surface area contributed by atoms with Gasteiger partial charge in [-0.2, -0.15) is 0 Å². The van der Waals surface area contributed by atoms with Crippen molar-refractivity contribution in [3.05, 3.63) is 70.3 Å². The summed E-state index contributed by atoms with van der Waals surface area (Å²) in [7, 11) is 0. The molecule has 0 fully saturated rings. The summed E-state index contributed by atoms with van der Waals surface area (Å²) in [6.07, 6.45) is 2.12. The van der Waals surface area contributed by atoms with Crippen molar-refractivity contribution >= 4 is 15.9 Å². The van der Waals surface area contributed by atoms with E-state index in [-0.39, 0.29) is 6.04 Å². The molecule has 0 bridgehead atoms. The molecular formula is C17H14BrN3O. The minimum atomic E-state index is -0.548. The van der Waals surface area contributed by atoms with Gasteiger partial charge in [-0.25, -0.2) is 4.68 Å². The quantitative estimate of drug-likeness (QED) is 0.764. The van der Waals surface area contributed by atoms with Gasteiger partial charge < -0.3 is 5.11 Å². The van der Waals surface area contributed by atoms with E-state index in [4.69, 9.17) is 0 Å². The Bertz CT molecular complexity index is 816. The fourth-order valence-electron chi connectivity index (χ4n) is 3.00. The van der Waals surface area contributed by atoms with Crippen LogP contribution in [-0.2, 0) is 6.42 Å². The maximum absolute atomic E-state index is 10.6. The molecule has 0 saturated heterocycles. The fourth-order valence-corrected chi connectivity index (χ4v) is 3.41. The lowest BCUT2D eigenvalue weighted by atomic mass is 10.1. The summed E-state index contributed by atoms with van der Waals surface area (Å²) >= 11 is 3.48. The SMILES string of the molecule is O[C@H]1c2ccc(Br)cc2C[C@H]1n1cc(-c2ccccc2)nn1. The number of benzene rings is 2. The summed E-state index contributed by atoms with van der Waals surface area (Å²) in [6.45, 7) is 0. The number of hydrogen-bond donors (Lipinski definition) is 1. The van der Waals surface area contributed by atoms with Crippen molar-refractivity contribution in [1.82, 2.24) is 15.0 Å². The van der Waals surface area contributed by atoms with E-state index in [0.717, 1.165) is 33.3 Å². The molecule has 1 N–H and O–H groups in total. The molecule has 0 aliphatic heterocycles. The Hall–Kier alpha value is -1.98. The smallest absolute Gasteiger partial charge is 0.113 e. The summed E-state index contributed by atoms with van der Waals surface area (Å²) in [5.41, 5.74) is 3.99. The summed E-state index contributed by atoms with van der Waals surface area (Å²) < 4.78 is 2.81. The van der Waals surface area contributed by atoms with E-state index < -0.39 is 6.10 Å². The Morgan fingerprint density at radius 3 is 2.77 bits per heavy atom. The average molecular weight is 356 g/mol. The Morgan fingerprint density at radius 1 is 1.14 bits per heavy atom. The lowest BCUT2D eigenvalue weighted by Crippen LogP contribution is -2.14. The highest BCUT2D eigenvalue weighted by atomic mass is 79.9. The van der Waals surface area contributed by atoms with Crippen molar-refractivity contribution in [3.63, 3.8) is 0 Å². The first-order valence-corrected chi connectivity index (χ1v) is 7.95. The standard InChI is InChI=1S/C17H14BrN3O/c18-13-6-7-14-12(8-13)9-16(17(14)22)21-10-15(19-20-21)11-4-2-1-3-5-11/h1-8,10,16-17,22H,9H2/t16-,17+/m1/s1. The van der Waals surface area contributed by atoms with Gasteiger partial charge in [0.25, 0.3) is 0 Å². The molecule has 3 aromatic rings. The van der Waals surface area contributed by atoms with Crippen LogP contribution >= 0.6 is 15.9 Å². The number of nitrogens with zero attached hydrogens (tertiary/aromatic N) is 3. The van der Waals surface area contributed by atoms with Crippen molar-refractivity contribution in [2.24, 2.45) is 0 Å².